The molecule has 24 heavy (non-hydrogen) atoms. The Morgan fingerprint density at radius 3 is 2.50 bits per heavy atom. The molecule has 0 aliphatic carbocycles. The molecule has 5 heteroatoms. The van der Waals surface area contributed by atoms with Gasteiger partial charge in [-0.15, -0.1) is 0 Å². The maximum Gasteiger partial charge on any atom is 0.175 e. The summed E-state index contributed by atoms with van der Waals surface area (Å²) < 4.78 is 13.6. The van der Waals surface area contributed by atoms with Gasteiger partial charge in [-0.05, 0) is 85.1 Å². The molecule has 0 amide bonds. The predicted molar refractivity (Wildman–Crippen MR) is 107 cm³/mol. The highest BCUT2D eigenvalue weighted by molar-refractivity contribution is 9.10. The molecule has 0 spiro atoms. The van der Waals surface area contributed by atoms with Gasteiger partial charge in [0.25, 0.3) is 0 Å². The van der Waals surface area contributed by atoms with Gasteiger partial charge in [0.1, 0.15) is 0 Å². The third kappa shape index (κ3) is 5.15. The van der Waals surface area contributed by atoms with E-state index in [2.05, 4.69) is 62.3 Å². The van der Waals surface area contributed by atoms with E-state index >= 15 is 0 Å². The topological polar surface area (TPSA) is 30.5 Å². The van der Waals surface area contributed by atoms with Crippen molar-refractivity contribution in [1.29, 1.82) is 0 Å². The van der Waals surface area contributed by atoms with Crippen LogP contribution in [0.25, 0.3) is 0 Å². The number of ether oxygens (including phenoxy) is 2. The van der Waals surface area contributed by atoms with Crippen LogP contribution in [0.15, 0.2) is 39.3 Å². The van der Waals surface area contributed by atoms with Crippen LogP contribution >= 0.6 is 31.9 Å². The SMILES string of the molecule is CCOc1cc(CNc2ccc(Br)cc2C)cc(Br)c1OC(C)C. The molecule has 0 aliphatic heterocycles. The van der Waals surface area contributed by atoms with Crippen LogP contribution in [0.2, 0.25) is 0 Å². The van der Waals surface area contributed by atoms with Crippen LogP contribution in [-0.4, -0.2) is 12.7 Å². The van der Waals surface area contributed by atoms with Gasteiger partial charge in [0.05, 0.1) is 17.2 Å². The second-order valence-corrected chi connectivity index (χ2v) is 7.59. The van der Waals surface area contributed by atoms with Crippen LogP contribution in [0, 0.1) is 6.92 Å². The first-order valence-electron chi connectivity index (χ1n) is 8.02. The Kier molecular flexibility index (Phi) is 6.99. The number of hydrogen-bond acceptors (Lipinski definition) is 3. The smallest absolute Gasteiger partial charge is 0.175 e. The molecule has 2 aromatic carbocycles. The third-order valence-electron chi connectivity index (χ3n) is 3.39. The number of nitrogens with one attached hydrogen (secondary N) is 1. The largest absolute Gasteiger partial charge is 0.490 e. The van der Waals surface area contributed by atoms with E-state index in [1.807, 2.05) is 32.9 Å². The van der Waals surface area contributed by atoms with Crippen molar-refractivity contribution in [3.8, 4) is 11.5 Å². The number of anilines is 1. The summed E-state index contributed by atoms with van der Waals surface area (Å²) in [6.07, 6.45) is 0.0925. The van der Waals surface area contributed by atoms with E-state index in [1.54, 1.807) is 0 Å². The molecule has 0 heterocycles. The minimum atomic E-state index is 0.0925. The van der Waals surface area contributed by atoms with E-state index in [0.29, 0.717) is 13.2 Å². The lowest BCUT2D eigenvalue weighted by molar-refractivity contribution is 0.222. The van der Waals surface area contributed by atoms with E-state index in [1.165, 1.54) is 5.56 Å². The van der Waals surface area contributed by atoms with Gasteiger partial charge < -0.3 is 14.8 Å². The quantitative estimate of drug-likeness (QED) is 0.528. The zero-order chi connectivity index (χ0) is 17.7. The number of aryl methyl sites for hydroxylation is 1. The van der Waals surface area contributed by atoms with Crippen LogP contribution in [0.4, 0.5) is 5.69 Å². The van der Waals surface area contributed by atoms with Gasteiger partial charge in [0, 0.05) is 16.7 Å². The van der Waals surface area contributed by atoms with Gasteiger partial charge in [0.2, 0.25) is 0 Å². The zero-order valence-corrected chi connectivity index (χ0v) is 17.6. The van der Waals surface area contributed by atoms with E-state index in [4.69, 9.17) is 9.47 Å². The van der Waals surface area contributed by atoms with Crippen molar-refractivity contribution in [3.05, 3.63) is 50.4 Å². The number of benzene rings is 2. The lowest BCUT2D eigenvalue weighted by Gasteiger charge is -2.18. The fourth-order valence-electron chi connectivity index (χ4n) is 2.36. The highest BCUT2D eigenvalue weighted by Crippen LogP contribution is 2.38. The predicted octanol–water partition coefficient (Wildman–Crippen LogP) is 6.32. The summed E-state index contributed by atoms with van der Waals surface area (Å²) in [5, 5.41) is 3.48. The van der Waals surface area contributed by atoms with E-state index in [9.17, 15) is 0 Å². The Morgan fingerprint density at radius 1 is 1.12 bits per heavy atom. The third-order valence-corrected chi connectivity index (χ3v) is 4.48. The van der Waals surface area contributed by atoms with E-state index < -0.39 is 0 Å². The van der Waals surface area contributed by atoms with Crippen LogP contribution in [-0.2, 0) is 6.54 Å². The molecule has 3 nitrogen and oxygen atoms in total. The van der Waals surface area contributed by atoms with Crippen molar-refractivity contribution >= 4 is 37.5 Å². The first-order chi connectivity index (χ1) is 11.4. The van der Waals surface area contributed by atoms with Crippen molar-refractivity contribution in [1.82, 2.24) is 0 Å². The Hall–Kier alpha value is -1.20. The molecule has 0 fully saturated rings. The van der Waals surface area contributed by atoms with Gasteiger partial charge in [-0.2, -0.15) is 0 Å². The van der Waals surface area contributed by atoms with Crippen molar-refractivity contribution in [3.63, 3.8) is 0 Å². The second kappa shape index (κ2) is 8.77. The molecule has 2 aromatic rings. The number of rotatable bonds is 7. The average molecular weight is 457 g/mol. The summed E-state index contributed by atoms with van der Waals surface area (Å²) in [6, 6.07) is 10.3. The Balaban J connectivity index is 2.21. The molecule has 0 atom stereocenters. The van der Waals surface area contributed by atoms with Crippen LogP contribution in [0.3, 0.4) is 0 Å². The lowest BCUT2D eigenvalue weighted by Crippen LogP contribution is -2.09. The van der Waals surface area contributed by atoms with Crippen molar-refractivity contribution in [2.75, 3.05) is 11.9 Å². The molecule has 0 bridgehead atoms. The summed E-state index contributed by atoms with van der Waals surface area (Å²) in [5.41, 5.74) is 3.45. The van der Waals surface area contributed by atoms with Gasteiger partial charge in [-0.1, -0.05) is 15.9 Å². The van der Waals surface area contributed by atoms with Crippen LogP contribution < -0.4 is 14.8 Å². The highest BCUT2D eigenvalue weighted by atomic mass is 79.9. The second-order valence-electron chi connectivity index (χ2n) is 5.82. The summed E-state index contributed by atoms with van der Waals surface area (Å²) in [4.78, 5) is 0. The van der Waals surface area contributed by atoms with Crippen LogP contribution in [0.1, 0.15) is 31.9 Å². The molecule has 0 saturated heterocycles. The molecule has 0 unspecified atom stereocenters. The molecule has 0 aromatic heterocycles. The van der Waals surface area contributed by atoms with Gasteiger partial charge in [-0.3, -0.25) is 0 Å². The highest BCUT2D eigenvalue weighted by Gasteiger charge is 2.13. The summed E-state index contributed by atoms with van der Waals surface area (Å²) in [7, 11) is 0. The monoisotopic (exact) mass is 455 g/mol. The molecule has 130 valence electrons. The van der Waals surface area contributed by atoms with Gasteiger partial charge in [-0.25, -0.2) is 0 Å². The fraction of sp³-hybridized carbons (Fsp3) is 0.368. The first-order valence-corrected chi connectivity index (χ1v) is 9.61. The molecular weight excluding hydrogens is 434 g/mol. The normalized spacial score (nSPS) is 10.8. The summed E-state index contributed by atoms with van der Waals surface area (Å²) in [5.74, 6) is 1.53. The number of hydrogen-bond donors (Lipinski definition) is 1. The lowest BCUT2D eigenvalue weighted by atomic mass is 10.1. The standard InChI is InChI=1S/C19H23Br2NO2/c1-5-23-18-10-14(9-16(21)19(18)24-12(2)3)11-22-17-7-6-15(20)8-13(17)4/h6-10,12,22H,5,11H2,1-4H3. The first kappa shape index (κ1) is 19.1. The molecule has 0 saturated carbocycles. The van der Waals surface area contributed by atoms with Crippen molar-refractivity contribution < 1.29 is 9.47 Å². The molecule has 2 rings (SSSR count). The summed E-state index contributed by atoms with van der Waals surface area (Å²) in [6.45, 7) is 9.39. The van der Waals surface area contributed by atoms with E-state index in [0.717, 1.165) is 31.7 Å². The summed E-state index contributed by atoms with van der Waals surface area (Å²) >= 11 is 7.10. The minimum absolute atomic E-state index is 0.0925. The maximum atomic E-state index is 5.88. The van der Waals surface area contributed by atoms with Gasteiger partial charge in [0.15, 0.2) is 11.5 Å². The zero-order valence-electron chi connectivity index (χ0n) is 14.5. The minimum Gasteiger partial charge on any atom is -0.490 e. The molecule has 0 radical (unpaired) electrons. The van der Waals surface area contributed by atoms with Crippen molar-refractivity contribution in [2.24, 2.45) is 0 Å². The van der Waals surface area contributed by atoms with Gasteiger partial charge >= 0.3 is 0 Å². The molecule has 0 aliphatic rings. The Labute approximate surface area is 161 Å². The Morgan fingerprint density at radius 2 is 1.88 bits per heavy atom. The molecule has 1 N–H and O–H groups in total. The van der Waals surface area contributed by atoms with Crippen LogP contribution in [0.5, 0.6) is 11.5 Å². The fourth-order valence-corrected chi connectivity index (χ4v) is 3.42. The molecular formula is C19H23Br2NO2. The maximum absolute atomic E-state index is 5.88. The van der Waals surface area contributed by atoms with Crippen molar-refractivity contribution in [2.45, 2.75) is 40.3 Å². The Bertz CT molecular complexity index is 702. The average Bonchev–Trinajstić information content (AvgIpc) is 2.50. The van der Waals surface area contributed by atoms with E-state index in [-0.39, 0.29) is 6.10 Å². The number of halogens is 2.